The summed E-state index contributed by atoms with van der Waals surface area (Å²) in [7, 11) is 0. The average Bonchev–Trinajstić information content (AvgIpc) is 2.75. The summed E-state index contributed by atoms with van der Waals surface area (Å²) in [5, 5.41) is 0.567. The molecule has 0 bridgehead atoms. The van der Waals surface area contributed by atoms with Crippen molar-refractivity contribution in [1.29, 1.82) is 0 Å². The summed E-state index contributed by atoms with van der Waals surface area (Å²) < 4.78 is 4.68. The molecule has 1 heterocycles. The summed E-state index contributed by atoms with van der Waals surface area (Å²) >= 11 is 5.83. The quantitative estimate of drug-likeness (QED) is 0.486. The third-order valence-electron chi connectivity index (χ3n) is 3.45. The van der Waals surface area contributed by atoms with Gasteiger partial charge in [-0.2, -0.15) is 0 Å². The molecule has 112 valence electrons. The molecule has 0 radical (unpaired) electrons. The van der Waals surface area contributed by atoms with Crippen LogP contribution in [0, 0.1) is 5.92 Å². The minimum atomic E-state index is -0.963. The second kappa shape index (κ2) is 6.26. The molecule has 1 aliphatic heterocycles. The number of ether oxygens (including phenoxy) is 1. The van der Waals surface area contributed by atoms with Crippen molar-refractivity contribution < 1.29 is 19.1 Å². The Morgan fingerprint density at radius 1 is 1.33 bits per heavy atom. The molecule has 21 heavy (non-hydrogen) atoms. The smallest absolute Gasteiger partial charge is 0.375 e. The number of halogens is 1. The first kappa shape index (κ1) is 15.5. The fourth-order valence-electron chi connectivity index (χ4n) is 2.48. The van der Waals surface area contributed by atoms with E-state index >= 15 is 0 Å². The SMILES string of the molecule is CCOC(=O)C(=O)C1CC(C)N(c2ccc(Cl)cc2)C1=O. The Morgan fingerprint density at radius 2 is 1.95 bits per heavy atom. The minimum Gasteiger partial charge on any atom is -0.460 e. The zero-order chi connectivity index (χ0) is 15.6. The molecule has 1 fully saturated rings. The maximum Gasteiger partial charge on any atom is 0.375 e. The van der Waals surface area contributed by atoms with Crippen LogP contribution in [0.25, 0.3) is 0 Å². The van der Waals surface area contributed by atoms with Gasteiger partial charge in [0.1, 0.15) is 5.92 Å². The summed E-state index contributed by atoms with van der Waals surface area (Å²) in [5.41, 5.74) is 0.663. The van der Waals surface area contributed by atoms with Gasteiger partial charge in [-0.1, -0.05) is 11.6 Å². The molecule has 2 unspecified atom stereocenters. The van der Waals surface area contributed by atoms with E-state index in [0.29, 0.717) is 17.1 Å². The summed E-state index contributed by atoms with van der Waals surface area (Å²) in [4.78, 5) is 37.4. The maximum absolute atomic E-state index is 12.4. The molecule has 6 heteroatoms. The topological polar surface area (TPSA) is 63.7 Å². The van der Waals surface area contributed by atoms with Gasteiger partial charge in [-0.25, -0.2) is 4.79 Å². The summed E-state index contributed by atoms with van der Waals surface area (Å²) in [5.74, 6) is -3.05. The van der Waals surface area contributed by atoms with E-state index in [4.69, 9.17) is 11.6 Å². The zero-order valence-electron chi connectivity index (χ0n) is 11.8. The second-order valence-corrected chi connectivity index (χ2v) is 5.34. The van der Waals surface area contributed by atoms with Crippen molar-refractivity contribution in [2.45, 2.75) is 26.3 Å². The molecule has 0 saturated carbocycles. The first-order chi connectivity index (χ1) is 9.95. The summed E-state index contributed by atoms with van der Waals surface area (Å²) in [6.45, 7) is 3.57. The Kier molecular flexibility index (Phi) is 4.63. The van der Waals surface area contributed by atoms with Crippen LogP contribution in [0.3, 0.4) is 0 Å². The van der Waals surface area contributed by atoms with Crippen LogP contribution in [0.4, 0.5) is 5.69 Å². The van der Waals surface area contributed by atoms with Gasteiger partial charge in [0.25, 0.3) is 5.78 Å². The number of rotatable bonds is 4. The molecular weight excluding hydrogens is 294 g/mol. The Morgan fingerprint density at radius 3 is 2.52 bits per heavy atom. The van der Waals surface area contributed by atoms with E-state index < -0.39 is 17.7 Å². The fourth-order valence-corrected chi connectivity index (χ4v) is 2.61. The first-order valence-electron chi connectivity index (χ1n) is 6.75. The lowest BCUT2D eigenvalue weighted by atomic mass is 10.0. The summed E-state index contributed by atoms with van der Waals surface area (Å²) in [6.07, 6.45) is 0.305. The minimum absolute atomic E-state index is 0.113. The first-order valence-corrected chi connectivity index (χ1v) is 7.13. The number of esters is 1. The fraction of sp³-hybridized carbons (Fsp3) is 0.400. The standard InChI is InChI=1S/C15H16ClNO4/c1-3-21-15(20)13(18)12-8-9(2)17(14(12)19)11-6-4-10(16)5-7-11/h4-7,9,12H,3,8H2,1-2H3. The van der Waals surface area contributed by atoms with E-state index in [1.54, 1.807) is 31.2 Å². The van der Waals surface area contributed by atoms with Crippen LogP contribution in [0.1, 0.15) is 20.3 Å². The number of Topliss-reactive ketones (excluding diaryl/α,β-unsaturated/α-hetero) is 1. The molecule has 0 aliphatic carbocycles. The van der Waals surface area contributed by atoms with Crippen molar-refractivity contribution in [2.75, 3.05) is 11.5 Å². The highest BCUT2D eigenvalue weighted by atomic mass is 35.5. The number of hydrogen-bond acceptors (Lipinski definition) is 4. The van der Waals surface area contributed by atoms with Crippen molar-refractivity contribution in [1.82, 2.24) is 0 Å². The Hall–Kier alpha value is -1.88. The van der Waals surface area contributed by atoms with Gasteiger partial charge in [0.05, 0.1) is 6.61 Å². The predicted octanol–water partition coefficient (Wildman–Crippen LogP) is 2.21. The van der Waals surface area contributed by atoms with Crippen molar-refractivity contribution in [3.8, 4) is 0 Å². The zero-order valence-corrected chi connectivity index (χ0v) is 12.6. The lowest BCUT2D eigenvalue weighted by Crippen LogP contribution is -2.35. The highest BCUT2D eigenvalue weighted by Gasteiger charge is 2.44. The van der Waals surface area contributed by atoms with Crippen LogP contribution in [0.5, 0.6) is 0 Å². The third-order valence-corrected chi connectivity index (χ3v) is 3.70. The highest BCUT2D eigenvalue weighted by molar-refractivity contribution is 6.39. The maximum atomic E-state index is 12.4. The predicted molar refractivity (Wildman–Crippen MR) is 78.1 cm³/mol. The molecule has 0 aromatic heterocycles. The van der Waals surface area contributed by atoms with Gasteiger partial charge in [0.2, 0.25) is 5.91 Å². The second-order valence-electron chi connectivity index (χ2n) is 4.91. The van der Waals surface area contributed by atoms with Crippen LogP contribution in [-0.4, -0.2) is 30.3 Å². The van der Waals surface area contributed by atoms with Gasteiger partial charge in [0, 0.05) is 16.8 Å². The summed E-state index contributed by atoms with van der Waals surface area (Å²) in [6, 6.07) is 6.62. The number of carbonyl (C=O) groups is 3. The molecule has 2 atom stereocenters. The monoisotopic (exact) mass is 309 g/mol. The third kappa shape index (κ3) is 3.08. The van der Waals surface area contributed by atoms with Gasteiger partial charge in [-0.15, -0.1) is 0 Å². The Balaban J connectivity index is 2.20. The molecule has 0 N–H and O–H groups in total. The molecule has 1 aromatic rings. The van der Waals surface area contributed by atoms with Crippen molar-refractivity contribution in [3.63, 3.8) is 0 Å². The molecule has 5 nitrogen and oxygen atoms in total. The van der Waals surface area contributed by atoms with E-state index in [2.05, 4.69) is 4.74 Å². The van der Waals surface area contributed by atoms with Gasteiger partial charge >= 0.3 is 5.97 Å². The number of nitrogens with zero attached hydrogens (tertiary/aromatic N) is 1. The van der Waals surface area contributed by atoms with Crippen molar-refractivity contribution in [2.24, 2.45) is 5.92 Å². The molecule has 0 spiro atoms. The number of benzene rings is 1. The van der Waals surface area contributed by atoms with Gasteiger partial charge in [-0.3, -0.25) is 9.59 Å². The molecule has 1 amide bonds. The van der Waals surface area contributed by atoms with E-state index in [1.165, 1.54) is 4.90 Å². The van der Waals surface area contributed by atoms with Gasteiger partial charge in [-0.05, 0) is 44.5 Å². The largest absolute Gasteiger partial charge is 0.460 e. The number of anilines is 1. The molecule has 1 saturated heterocycles. The average molecular weight is 310 g/mol. The number of amides is 1. The molecule has 1 aliphatic rings. The van der Waals surface area contributed by atoms with E-state index in [9.17, 15) is 14.4 Å². The van der Waals surface area contributed by atoms with Crippen LogP contribution in [-0.2, 0) is 19.1 Å². The van der Waals surface area contributed by atoms with E-state index in [0.717, 1.165) is 0 Å². The van der Waals surface area contributed by atoms with E-state index in [1.807, 2.05) is 6.92 Å². The van der Waals surface area contributed by atoms with Crippen molar-refractivity contribution >= 4 is 34.9 Å². The van der Waals surface area contributed by atoms with E-state index in [-0.39, 0.29) is 18.6 Å². The number of ketones is 1. The molecular formula is C15H16ClNO4. The van der Waals surface area contributed by atoms with Gasteiger partial charge < -0.3 is 9.64 Å². The number of carbonyl (C=O) groups excluding carboxylic acids is 3. The van der Waals surface area contributed by atoms with Crippen molar-refractivity contribution in [3.05, 3.63) is 29.3 Å². The lowest BCUT2D eigenvalue weighted by Gasteiger charge is -2.21. The van der Waals surface area contributed by atoms with Crippen LogP contribution in [0.15, 0.2) is 24.3 Å². The molecule has 2 rings (SSSR count). The van der Waals surface area contributed by atoms with Gasteiger partial charge in [0.15, 0.2) is 0 Å². The Bertz CT molecular complexity index is 570. The highest BCUT2D eigenvalue weighted by Crippen LogP contribution is 2.31. The van der Waals surface area contributed by atoms with Crippen LogP contribution >= 0.6 is 11.6 Å². The molecule has 1 aromatic carbocycles. The number of hydrogen-bond donors (Lipinski definition) is 0. The van der Waals surface area contributed by atoms with Crippen LogP contribution in [0.2, 0.25) is 5.02 Å². The Labute approximate surface area is 127 Å². The van der Waals surface area contributed by atoms with Crippen LogP contribution < -0.4 is 4.90 Å². The lowest BCUT2D eigenvalue weighted by molar-refractivity contribution is -0.156. The normalized spacial score (nSPS) is 21.5.